The van der Waals surface area contributed by atoms with Crippen LogP contribution in [0.3, 0.4) is 0 Å². The van der Waals surface area contributed by atoms with Gasteiger partial charge in [0.05, 0.1) is 0 Å². The minimum atomic E-state index is -1.09. The maximum absolute atomic E-state index is 12.7. The SMILES string of the molecule is CC(C)C[C@@H](C(=O)OC(C)C(=O)OCc1ccccc1)N(C)C(=O)OC(C)(C)C. The first-order valence-electron chi connectivity index (χ1n) is 9.77. The summed E-state index contributed by atoms with van der Waals surface area (Å²) in [6.07, 6.45) is -1.34. The van der Waals surface area contributed by atoms with E-state index in [1.807, 2.05) is 44.2 Å². The summed E-state index contributed by atoms with van der Waals surface area (Å²) < 4.78 is 15.8. The molecule has 0 saturated carbocycles. The minimum Gasteiger partial charge on any atom is -0.458 e. The van der Waals surface area contributed by atoms with Gasteiger partial charge in [0.2, 0.25) is 0 Å². The van der Waals surface area contributed by atoms with E-state index in [2.05, 4.69) is 0 Å². The first-order chi connectivity index (χ1) is 13.4. The van der Waals surface area contributed by atoms with Gasteiger partial charge in [-0.25, -0.2) is 14.4 Å². The van der Waals surface area contributed by atoms with E-state index in [1.54, 1.807) is 20.8 Å². The second-order valence-electron chi connectivity index (χ2n) is 8.41. The number of carbonyl (C=O) groups excluding carboxylic acids is 3. The summed E-state index contributed by atoms with van der Waals surface area (Å²) in [6.45, 7) is 10.7. The Morgan fingerprint density at radius 2 is 1.59 bits per heavy atom. The molecule has 0 heterocycles. The predicted octanol–water partition coefficient (Wildman–Crippen LogP) is 3.94. The van der Waals surface area contributed by atoms with Crippen LogP contribution in [-0.4, -0.2) is 47.7 Å². The first-order valence-corrected chi connectivity index (χ1v) is 9.77. The van der Waals surface area contributed by atoms with Crippen molar-refractivity contribution in [3.63, 3.8) is 0 Å². The zero-order chi connectivity index (χ0) is 22.2. The van der Waals surface area contributed by atoms with Gasteiger partial charge in [-0.2, -0.15) is 0 Å². The van der Waals surface area contributed by atoms with E-state index >= 15 is 0 Å². The highest BCUT2D eigenvalue weighted by Crippen LogP contribution is 2.17. The average molecular weight is 408 g/mol. The average Bonchev–Trinajstić information content (AvgIpc) is 2.62. The Morgan fingerprint density at radius 3 is 2.10 bits per heavy atom. The van der Waals surface area contributed by atoms with Crippen LogP contribution < -0.4 is 0 Å². The maximum Gasteiger partial charge on any atom is 0.410 e. The van der Waals surface area contributed by atoms with E-state index in [4.69, 9.17) is 14.2 Å². The number of hydrogen-bond acceptors (Lipinski definition) is 6. The molecular weight excluding hydrogens is 374 g/mol. The van der Waals surface area contributed by atoms with Gasteiger partial charge < -0.3 is 14.2 Å². The molecule has 0 aromatic heterocycles. The second-order valence-corrected chi connectivity index (χ2v) is 8.41. The number of rotatable bonds is 8. The highest BCUT2D eigenvalue weighted by molar-refractivity contribution is 5.84. The van der Waals surface area contributed by atoms with Crippen molar-refractivity contribution in [3.8, 4) is 0 Å². The van der Waals surface area contributed by atoms with Crippen LogP contribution in [0.1, 0.15) is 53.5 Å². The summed E-state index contributed by atoms with van der Waals surface area (Å²) in [5.74, 6) is -1.19. The van der Waals surface area contributed by atoms with E-state index < -0.39 is 35.8 Å². The van der Waals surface area contributed by atoms with Crippen molar-refractivity contribution in [2.45, 2.75) is 72.3 Å². The number of nitrogens with zero attached hydrogens (tertiary/aromatic N) is 1. The normalized spacial score (nSPS) is 13.4. The molecule has 0 saturated heterocycles. The van der Waals surface area contributed by atoms with E-state index in [9.17, 15) is 14.4 Å². The standard InChI is InChI=1S/C22H33NO6/c1-15(2)13-18(23(7)21(26)29-22(4,5)6)20(25)28-16(3)19(24)27-14-17-11-9-8-10-12-17/h8-12,15-16,18H,13-14H2,1-7H3/t16?,18-/m0/s1. The molecule has 0 radical (unpaired) electrons. The lowest BCUT2D eigenvalue weighted by atomic mass is 10.0. The number of amides is 1. The van der Waals surface area contributed by atoms with Crippen LogP contribution in [0.25, 0.3) is 0 Å². The summed E-state index contributed by atoms with van der Waals surface area (Å²) in [4.78, 5) is 38.5. The topological polar surface area (TPSA) is 82.1 Å². The summed E-state index contributed by atoms with van der Waals surface area (Å²) >= 11 is 0. The third-order valence-electron chi connectivity index (χ3n) is 3.96. The number of benzene rings is 1. The zero-order valence-electron chi connectivity index (χ0n) is 18.4. The molecule has 1 aromatic rings. The Morgan fingerprint density at radius 1 is 1.00 bits per heavy atom. The molecular formula is C22H33NO6. The van der Waals surface area contributed by atoms with Gasteiger partial charge in [0, 0.05) is 7.05 Å². The van der Waals surface area contributed by atoms with Crippen molar-refractivity contribution < 1.29 is 28.6 Å². The van der Waals surface area contributed by atoms with Crippen molar-refractivity contribution in [1.82, 2.24) is 4.90 Å². The summed E-state index contributed by atoms with van der Waals surface area (Å²) in [5, 5.41) is 0. The van der Waals surface area contributed by atoms with E-state index in [-0.39, 0.29) is 12.5 Å². The smallest absolute Gasteiger partial charge is 0.410 e. The molecule has 1 aromatic carbocycles. The van der Waals surface area contributed by atoms with Crippen LogP contribution in [0.2, 0.25) is 0 Å². The van der Waals surface area contributed by atoms with Crippen molar-refractivity contribution in [3.05, 3.63) is 35.9 Å². The molecule has 0 bridgehead atoms. The third-order valence-corrected chi connectivity index (χ3v) is 3.96. The third kappa shape index (κ3) is 8.98. The summed E-state index contributed by atoms with van der Waals surface area (Å²) in [7, 11) is 1.49. The van der Waals surface area contributed by atoms with Crippen LogP contribution in [0.5, 0.6) is 0 Å². The lowest BCUT2D eigenvalue weighted by molar-refractivity contribution is -0.170. The molecule has 7 heteroatoms. The van der Waals surface area contributed by atoms with Gasteiger partial charge in [0.15, 0.2) is 6.10 Å². The fourth-order valence-electron chi connectivity index (χ4n) is 2.47. The molecule has 1 unspecified atom stereocenters. The van der Waals surface area contributed by atoms with E-state index in [0.717, 1.165) is 5.56 Å². The summed E-state index contributed by atoms with van der Waals surface area (Å²) in [6, 6.07) is 8.35. The predicted molar refractivity (Wildman–Crippen MR) is 109 cm³/mol. The molecule has 0 aliphatic carbocycles. The van der Waals surface area contributed by atoms with Gasteiger partial charge in [-0.3, -0.25) is 4.90 Å². The van der Waals surface area contributed by atoms with Crippen molar-refractivity contribution in [1.29, 1.82) is 0 Å². The lowest BCUT2D eigenvalue weighted by Crippen LogP contribution is -2.47. The Kier molecular flexibility index (Phi) is 9.14. The molecule has 1 rings (SSSR count). The molecule has 0 spiro atoms. The molecule has 162 valence electrons. The van der Waals surface area contributed by atoms with Gasteiger partial charge >= 0.3 is 18.0 Å². The highest BCUT2D eigenvalue weighted by Gasteiger charge is 2.34. The number of hydrogen-bond donors (Lipinski definition) is 0. The molecule has 0 aliphatic rings. The van der Waals surface area contributed by atoms with Crippen LogP contribution in [-0.2, 0) is 30.4 Å². The fraction of sp³-hybridized carbons (Fsp3) is 0.591. The fourth-order valence-corrected chi connectivity index (χ4v) is 2.47. The molecule has 0 N–H and O–H groups in total. The highest BCUT2D eigenvalue weighted by atomic mass is 16.6. The Balaban J connectivity index is 2.72. The van der Waals surface area contributed by atoms with Gasteiger partial charge in [0.25, 0.3) is 0 Å². The van der Waals surface area contributed by atoms with E-state index in [0.29, 0.717) is 6.42 Å². The van der Waals surface area contributed by atoms with Crippen LogP contribution in [0, 0.1) is 5.92 Å². The molecule has 0 aliphatic heterocycles. The van der Waals surface area contributed by atoms with Gasteiger partial charge in [-0.05, 0) is 45.6 Å². The lowest BCUT2D eigenvalue weighted by Gasteiger charge is -2.30. The van der Waals surface area contributed by atoms with Crippen LogP contribution in [0.4, 0.5) is 4.79 Å². The summed E-state index contributed by atoms with van der Waals surface area (Å²) in [5.41, 5.74) is 0.147. The molecule has 1 amide bonds. The Hall–Kier alpha value is -2.57. The quantitative estimate of drug-likeness (QED) is 0.479. The number of carbonyl (C=O) groups is 3. The van der Waals surface area contributed by atoms with Crippen molar-refractivity contribution in [2.75, 3.05) is 7.05 Å². The van der Waals surface area contributed by atoms with Crippen molar-refractivity contribution >= 4 is 18.0 Å². The maximum atomic E-state index is 12.7. The van der Waals surface area contributed by atoms with E-state index in [1.165, 1.54) is 18.9 Å². The minimum absolute atomic E-state index is 0.0921. The molecule has 0 fully saturated rings. The van der Waals surface area contributed by atoms with Gasteiger partial charge in [0.1, 0.15) is 18.2 Å². The first kappa shape index (κ1) is 24.5. The monoisotopic (exact) mass is 407 g/mol. The van der Waals surface area contributed by atoms with Crippen LogP contribution >= 0.6 is 0 Å². The van der Waals surface area contributed by atoms with Crippen molar-refractivity contribution in [2.24, 2.45) is 5.92 Å². The largest absolute Gasteiger partial charge is 0.458 e. The zero-order valence-corrected chi connectivity index (χ0v) is 18.4. The number of esters is 2. The van der Waals surface area contributed by atoms with Gasteiger partial charge in [-0.15, -0.1) is 0 Å². The van der Waals surface area contributed by atoms with Crippen LogP contribution in [0.15, 0.2) is 30.3 Å². The molecule has 2 atom stereocenters. The number of likely N-dealkylation sites (N-methyl/N-ethyl adjacent to an activating group) is 1. The molecule has 29 heavy (non-hydrogen) atoms. The second kappa shape index (κ2) is 10.8. The Labute approximate surface area is 173 Å². The Bertz CT molecular complexity index is 680. The van der Waals surface area contributed by atoms with Gasteiger partial charge in [-0.1, -0.05) is 44.2 Å². The number of ether oxygens (including phenoxy) is 3. The molecule has 7 nitrogen and oxygen atoms in total.